The van der Waals surface area contributed by atoms with Crippen LogP contribution in [0.5, 0.6) is 11.5 Å². The van der Waals surface area contributed by atoms with Crippen LogP contribution >= 0.6 is 0 Å². The second-order valence-corrected chi connectivity index (χ2v) is 9.27. The molecule has 0 amide bonds. The number of esters is 1. The molecule has 3 rings (SSSR count). The molecule has 144 valence electrons. The number of cyclic esters (lactones) is 1. The van der Waals surface area contributed by atoms with Gasteiger partial charge in [-0.25, -0.2) is 0 Å². The Balaban J connectivity index is 1.93. The van der Waals surface area contributed by atoms with Crippen molar-refractivity contribution in [3.63, 3.8) is 0 Å². The number of aliphatic hydroxyl groups is 1. The normalized spacial score (nSPS) is 24.8. The summed E-state index contributed by atoms with van der Waals surface area (Å²) in [6.45, 7) is 10.3. The number of phenols is 1. The molecule has 5 nitrogen and oxygen atoms in total. The van der Waals surface area contributed by atoms with Gasteiger partial charge in [-0.3, -0.25) is 4.79 Å². The van der Waals surface area contributed by atoms with Crippen molar-refractivity contribution in [1.29, 1.82) is 0 Å². The summed E-state index contributed by atoms with van der Waals surface area (Å²) in [6, 6.07) is 1.83. The van der Waals surface area contributed by atoms with Gasteiger partial charge in [-0.2, -0.15) is 0 Å². The molecular formula is C21H30O5. The second kappa shape index (κ2) is 6.45. The highest BCUT2D eigenvalue weighted by atomic mass is 16.5. The van der Waals surface area contributed by atoms with Crippen molar-refractivity contribution in [2.75, 3.05) is 0 Å². The quantitative estimate of drug-likeness (QED) is 0.806. The van der Waals surface area contributed by atoms with Crippen LogP contribution in [-0.2, 0) is 27.8 Å². The summed E-state index contributed by atoms with van der Waals surface area (Å²) in [5.41, 5.74) is 2.36. The predicted octanol–water partition coefficient (Wildman–Crippen LogP) is 3.40. The molecule has 0 unspecified atom stereocenters. The lowest BCUT2D eigenvalue weighted by molar-refractivity contribution is -0.160. The maximum atomic E-state index is 11.6. The average molecular weight is 362 g/mol. The van der Waals surface area contributed by atoms with E-state index in [2.05, 4.69) is 20.8 Å². The number of fused-ring (bicyclic) bond motifs is 1. The number of benzene rings is 1. The van der Waals surface area contributed by atoms with E-state index in [1.165, 1.54) is 0 Å². The summed E-state index contributed by atoms with van der Waals surface area (Å²) in [5, 5.41) is 20.5. The van der Waals surface area contributed by atoms with Gasteiger partial charge in [0.25, 0.3) is 0 Å². The molecule has 0 saturated carbocycles. The zero-order valence-corrected chi connectivity index (χ0v) is 16.4. The Kier molecular flexibility index (Phi) is 4.72. The number of aliphatic hydroxyl groups excluding tert-OH is 1. The van der Waals surface area contributed by atoms with Crippen LogP contribution in [0.25, 0.3) is 0 Å². The molecular weight excluding hydrogens is 332 g/mol. The molecule has 1 aromatic rings. The molecule has 5 heteroatoms. The van der Waals surface area contributed by atoms with Gasteiger partial charge in [-0.15, -0.1) is 0 Å². The van der Waals surface area contributed by atoms with Gasteiger partial charge in [-0.1, -0.05) is 20.8 Å². The third-order valence-corrected chi connectivity index (χ3v) is 5.13. The number of aromatic hydroxyl groups is 1. The highest BCUT2D eigenvalue weighted by Gasteiger charge is 2.37. The first-order chi connectivity index (χ1) is 12.0. The molecule has 0 radical (unpaired) electrons. The van der Waals surface area contributed by atoms with E-state index in [9.17, 15) is 15.0 Å². The van der Waals surface area contributed by atoms with Gasteiger partial charge in [0, 0.05) is 29.5 Å². The van der Waals surface area contributed by atoms with E-state index in [-0.39, 0.29) is 29.5 Å². The largest absolute Gasteiger partial charge is 0.508 e. The van der Waals surface area contributed by atoms with Crippen LogP contribution in [0.1, 0.15) is 70.6 Å². The van der Waals surface area contributed by atoms with Gasteiger partial charge >= 0.3 is 5.97 Å². The van der Waals surface area contributed by atoms with E-state index in [1.807, 2.05) is 19.9 Å². The molecule has 2 atom stereocenters. The zero-order chi connectivity index (χ0) is 19.3. The van der Waals surface area contributed by atoms with Gasteiger partial charge in [0.2, 0.25) is 0 Å². The van der Waals surface area contributed by atoms with Crippen LogP contribution in [0, 0.1) is 0 Å². The first-order valence-corrected chi connectivity index (χ1v) is 9.41. The van der Waals surface area contributed by atoms with Crippen molar-refractivity contribution in [2.24, 2.45) is 0 Å². The SMILES string of the molecule is CC1(C)Cc2cc(O)c(C(C)(C)C)c(CC[C@H]3C[C@H](O)CC(=O)O3)c2O1. The lowest BCUT2D eigenvalue weighted by Crippen LogP contribution is -2.33. The van der Waals surface area contributed by atoms with E-state index in [1.54, 1.807) is 0 Å². The molecule has 0 aromatic heterocycles. The molecule has 1 aromatic carbocycles. The molecule has 0 bridgehead atoms. The molecule has 1 fully saturated rings. The van der Waals surface area contributed by atoms with Crippen molar-refractivity contribution in [3.05, 3.63) is 22.8 Å². The highest BCUT2D eigenvalue weighted by molar-refractivity contribution is 5.71. The van der Waals surface area contributed by atoms with Crippen molar-refractivity contribution >= 4 is 5.97 Å². The first-order valence-electron chi connectivity index (χ1n) is 9.41. The van der Waals surface area contributed by atoms with E-state index in [0.717, 1.165) is 28.9 Å². The Bertz CT molecular complexity index is 714. The van der Waals surface area contributed by atoms with Gasteiger partial charge in [0.15, 0.2) is 0 Å². The first kappa shape index (κ1) is 19.0. The molecule has 2 aliphatic rings. The topological polar surface area (TPSA) is 76.0 Å². The maximum absolute atomic E-state index is 11.6. The number of hydrogen-bond donors (Lipinski definition) is 2. The monoisotopic (exact) mass is 362 g/mol. The van der Waals surface area contributed by atoms with E-state index < -0.39 is 6.10 Å². The number of rotatable bonds is 3. The Hall–Kier alpha value is -1.75. The number of hydrogen-bond acceptors (Lipinski definition) is 5. The van der Waals surface area contributed by atoms with Crippen LogP contribution in [0.4, 0.5) is 0 Å². The molecule has 0 aliphatic carbocycles. The highest BCUT2D eigenvalue weighted by Crippen LogP contribution is 2.47. The Morgan fingerprint density at radius 3 is 2.62 bits per heavy atom. The lowest BCUT2D eigenvalue weighted by atomic mass is 9.80. The zero-order valence-electron chi connectivity index (χ0n) is 16.4. The van der Waals surface area contributed by atoms with Crippen LogP contribution in [0.15, 0.2) is 6.07 Å². The summed E-state index contributed by atoms with van der Waals surface area (Å²) >= 11 is 0. The minimum Gasteiger partial charge on any atom is -0.508 e. The van der Waals surface area contributed by atoms with Gasteiger partial charge in [-0.05, 0) is 38.2 Å². The standard InChI is InChI=1S/C21H30O5/c1-20(2,3)18-15(7-6-14-9-13(22)10-17(24)25-14)19-12(8-16(18)23)11-21(4,5)26-19/h8,13-14,22-23H,6-7,9-11H2,1-5H3/t13-,14-/m0/s1. The van der Waals surface area contributed by atoms with Crippen LogP contribution < -0.4 is 4.74 Å². The van der Waals surface area contributed by atoms with Gasteiger partial charge in [0.05, 0.1) is 12.5 Å². The summed E-state index contributed by atoms with van der Waals surface area (Å²) in [5.74, 6) is 0.817. The number of ether oxygens (including phenoxy) is 2. The molecule has 26 heavy (non-hydrogen) atoms. The molecule has 2 N–H and O–H groups in total. The minimum atomic E-state index is -0.631. The van der Waals surface area contributed by atoms with E-state index >= 15 is 0 Å². The Labute approximate surface area is 155 Å². The van der Waals surface area contributed by atoms with Crippen LogP contribution in [0.2, 0.25) is 0 Å². The number of carbonyl (C=O) groups excluding carboxylic acids is 1. The third kappa shape index (κ3) is 3.83. The third-order valence-electron chi connectivity index (χ3n) is 5.13. The minimum absolute atomic E-state index is 0.0720. The van der Waals surface area contributed by atoms with Crippen molar-refractivity contribution in [2.45, 2.75) is 89.9 Å². The Morgan fingerprint density at radius 2 is 2.00 bits per heavy atom. The fourth-order valence-corrected chi connectivity index (χ4v) is 4.21. The summed E-state index contributed by atoms with van der Waals surface area (Å²) in [7, 11) is 0. The molecule has 1 saturated heterocycles. The number of carbonyl (C=O) groups is 1. The lowest BCUT2D eigenvalue weighted by Gasteiger charge is -2.29. The fraction of sp³-hybridized carbons (Fsp3) is 0.667. The molecule has 2 heterocycles. The van der Waals surface area contributed by atoms with Crippen LogP contribution in [-0.4, -0.2) is 34.0 Å². The summed E-state index contributed by atoms with van der Waals surface area (Å²) in [4.78, 5) is 11.6. The number of phenolic OH excluding ortho intramolecular Hbond substituents is 1. The maximum Gasteiger partial charge on any atom is 0.308 e. The fourth-order valence-electron chi connectivity index (χ4n) is 4.21. The van der Waals surface area contributed by atoms with E-state index in [4.69, 9.17) is 9.47 Å². The van der Waals surface area contributed by atoms with Gasteiger partial charge in [0.1, 0.15) is 23.2 Å². The Morgan fingerprint density at radius 1 is 1.31 bits per heavy atom. The molecule has 2 aliphatic heterocycles. The van der Waals surface area contributed by atoms with E-state index in [0.29, 0.717) is 25.0 Å². The second-order valence-electron chi connectivity index (χ2n) is 9.27. The van der Waals surface area contributed by atoms with Crippen molar-refractivity contribution < 1.29 is 24.5 Å². The van der Waals surface area contributed by atoms with Gasteiger partial charge < -0.3 is 19.7 Å². The predicted molar refractivity (Wildman–Crippen MR) is 98.7 cm³/mol. The summed E-state index contributed by atoms with van der Waals surface area (Å²) in [6.07, 6.45) is 1.59. The van der Waals surface area contributed by atoms with Crippen molar-refractivity contribution in [1.82, 2.24) is 0 Å². The molecule has 0 spiro atoms. The van der Waals surface area contributed by atoms with Crippen molar-refractivity contribution in [3.8, 4) is 11.5 Å². The smallest absolute Gasteiger partial charge is 0.308 e. The van der Waals surface area contributed by atoms with Crippen LogP contribution in [0.3, 0.4) is 0 Å². The summed E-state index contributed by atoms with van der Waals surface area (Å²) < 4.78 is 11.6. The average Bonchev–Trinajstić information content (AvgIpc) is 2.75.